The fourth-order valence-electron chi connectivity index (χ4n) is 2.85. The third-order valence-electron chi connectivity index (χ3n) is 3.86. The van der Waals surface area contributed by atoms with Gasteiger partial charge in [0.2, 0.25) is 0 Å². The average molecular weight is 283 g/mol. The minimum atomic E-state index is 0.0227. The van der Waals surface area contributed by atoms with E-state index in [2.05, 4.69) is 9.97 Å². The zero-order chi connectivity index (χ0) is 15.0. The van der Waals surface area contributed by atoms with Gasteiger partial charge in [0.1, 0.15) is 17.4 Å². The fraction of sp³-hybridized carbons (Fsp3) is 0.312. The van der Waals surface area contributed by atoms with E-state index in [1.54, 1.807) is 14.0 Å². The van der Waals surface area contributed by atoms with E-state index >= 15 is 0 Å². The Morgan fingerprint density at radius 1 is 1.19 bits per heavy atom. The lowest BCUT2D eigenvalue weighted by Crippen LogP contribution is -2.23. The number of Topliss-reactive ketones (excluding diaryl/α,β-unsaturated/α-hetero) is 1. The molecular formula is C16H17N3O2. The van der Waals surface area contributed by atoms with Crippen molar-refractivity contribution in [1.29, 1.82) is 0 Å². The van der Waals surface area contributed by atoms with Crippen LogP contribution in [0.4, 0.5) is 5.82 Å². The van der Waals surface area contributed by atoms with Crippen molar-refractivity contribution in [2.45, 2.75) is 25.7 Å². The Kier molecular flexibility index (Phi) is 3.33. The molecule has 0 saturated carbocycles. The van der Waals surface area contributed by atoms with Crippen molar-refractivity contribution in [2.75, 3.05) is 12.8 Å². The largest absolute Gasteiger partial charge is 0.497 e. The number of hydrogen-bond donors (Lipinski definition) is 1. The maximum atomic E-state index is 12.3. The number of nitrogens with zero attached hydrogens (tertiary/aromatic N) is 2. The number of aromatic nitrogens is 2. The molecule has 5 nitrogen and oxygen atoms in total. The Bertz CT molecular complexity index is 695. The summed E-state index contributed by atoms with van der Waals surface area (Å²) in [6.07, 6.45) is 1.15. The van der Waals surface area contributed by atoms with Gasteiger partial charge in [-0.05, 0) is 37.0 Å². The Balaban J connectivity index is 1.95. The Labute approximate surface area is 123 Å². The molecular weight excluding hydrogens is 266 g/mol. The highest BCUT2D eigenvalue weighted by Gasteiger charge is 2.29. The van der Waals surface area contributed by atoms with Gasteiger partial charge in [-0.1, -0.05) is 12.1 Å². The van der Waals surface area contributed by atoms with Crippen LogP contribution in [0.15, 0.2) is 24.3 Å². The van der Waals surface area contributed by atoms with E-state index in [0.717, 1.165) is 17.0 Å². The zero-order valence-corrected chi connectivity index (χ0v) is 12.1. The summed E-state index contributed by atoms with van der Waals surface area (Å²) in [6, 6.07) is 7.82. The molecule has 0 spiro atoms. The number of nitrogen functional groups attached to an aromatic ring is 1. The molecule has 3 rings (SSSR count). The molecule has 1 aromatic carbocycles. The summed E-state index contributed by atoms with van der Waals surface area (Å²) in [5.74, 6) is 1.87. The monoisotopic (exact) mass is 283 g/mol. The van der Waals surface area contributed by atoms with Crippen LogP contribution in [0.3, 0.4) is 0 Å². The molecule has 0 saturated heterocycles. The van der Waals surface area contributed by atoms with Gasteiger partial charge >= 0.3 is 0 Å². The molecule has 1 aliphatic rings. The SMILES string of the molecule is COc1ccc([C@@H]2CC(=O)c3c(N)nc(C)nc3C2)cc1. The topological polar surface area (TPSA) is 78.1 Å². The number of ketones is 1. The molecule has 108 valence electrons. The van der Waals surface area contributed by atoms with Crippen molar-refractivity contribution in [2.24, 2.45) is 0 Å². The van der Waals surface area contributed by atoms with Crippen molar-refractivity contribution in [3.05, 3.63) is 46.9 Å². The number of methoxy groups -OCH3 is 1. The highest BCUT2D eigenvalue weighted by atomic mass is 16.5. The number of ether oxygens (including phenoxy) is 1. The number of fused-ring (bicyclic) bond motifs is 1. The molecule has 0 amide bonds. The Morgan fingerprint density at radius 2 is 1.90 bits per heavy atom. The van der Waals surface area contributed by atoms with Crippen LogP contribution in [0.2, 0.25) is 0 Å². The van der Waals surface area contributed by atoms with Gasteiger partial charge in [-0.3, -0.25) is 4.79 Å². The van der Waals surface area contributed by atoms with Crippen LogP contribution in [-0.4, -0.2) is 22.9 Å². The second-order valence-electron chi connectivity index (χ2n) is 5.28. The summed E-state index contributed by atoms with van der Waals surface area (Å²) in [6.45, 7) is 1.79. The lowest BCUT2D eigenvalue weighted by molar-refractivity contribution is 0.0963. The molecule has 1 heterocycles. The summed E-state index contributed by atoms with van der Waals surface area (Å²) < 4.78 is 5.16. The molecule has 0 bridgehead atoms. The minimum Gasteiger partial charge on any atom is -0.497 e. The van der Waals surface area contributed by atoms with Gasteiger partial charge in [0, 0.05) is 6.42 Å². The summed E-state index contributed by atoms with van der Waals surface area (Å²) in [5, 5.41) is 0. The van der Waals surface area contributed by atoms with Crippen LogP contribution in [0, 0.1) is 6.92 Å². The number of carbonyl (C=O) groups is 1. The van der Waals surface area contributed by atoms with Gasteiger partial charge < -0.3 is 10.5 Å². The van der Waals surface area contributed by atoms with Gasteiger partial charge in [-0.2, -0.15) is 0 Å². The predicted molar refractivity (Wildman–Crippen MR) is 79.6 cm³/mol. The molecule has 2 N–H and O–H groups in total. The second-order valence-corrected chi connectivity index (χ2v) is 5.28. The first-order valence-corrected chi connectivity index (χ1v) is 6.88. The highest BCUT2D eigenvalue weighted by molar-refractivity contribution is 6.02. The Morgan fingerprint density at radius 3 is 2.57 bits per heavy atom. The van der Waals surface area contributed by atoms with Gasteiger partial charge in [0.05, 0.1) is 18.4 Å². The molecule has 1 atom stereocenters. The molecule has 1 aromatic heterocycles. The molecule has 5 heteroatoms. The zero-order valence-electron chi connectivity index (χ0n) is 12.1. The van der Waals surface area contributed by atoms with Gasteiger partial charge in [0.25, 0.3) is 0 Å². The second kappa shape index (κ2) is 5.16. The number of carbonyl (C=O) groups excluding carboxylic acids is 1. The number of rotatable bonds is 2. The molecule has 1 aliphatic carbocycles. The van der Waals surface area contributed by atoms with E-state index < -0.39 is 0 Å². The van der Waals surface area contributed by atoms with Crippen LogP contribution < -0.4 is 10.5 Å². The first-order valence-electron chi connectivity index (χ1n) is 6.88. The molecule has 0 radical (unpaired) electrons. The van der Waals surface area contributed by atoms with E-state index in [0.29, 0.717) is 30.0 Å². The summed E-state index contributed by atoms with van der Waals surface area (Å²) >= 11 is 0. The standard InChI is InChI=1S/C16H17N3O2/c1-9-18-13-7-11(8-14(20)15(13)16(17)19-9)10-3-5-12(21-2)6-4-10/h3-6,11H,7-8H2,1-2H3,(H2,17,18,19)/t11-/m0/s1. The lowest BCUT2D eigenvalue weighted by atomic mass is 9.82. The summed E-state index contributed by atoms with van der Waals surface area (Å²) in [4.78, 5) is 20.8. The van der Waals surface area contributed by atoms with Crippen LogP contribution in [-0.2, 0) is 6.42 Å². The number of nitrogens with two attached hydrogens (primary N) is 1. The maximum absolute atomic E-state index is 12.3. The average Bonchev–Trinajstić information content (AvgIpc) is 2.46. The fourth-order valence-corrected chi connectivity index (χ4v) is 2.85. The molecule has 0 aliphatic heterocycles. The van der Waals surface area contributed by atoms with Crippen LogP contribution in [0.25, 0.3) is 0 Å². The number of benzene rings is 1. The summed E-state index contributed by atoms with van der Waals surface area (Å²) in [5.41, 5.74) is 8.25. The smallest absolute Gasteiger partial charge is 0.169 e. The molecule has 0 unspecified atom stereocenters. The Hall–Kier alpha value is -2.43. The predicted octanol–water partition coefficient (Wildman–Crippen LogP) is 2.29. The minimum absolute atomic E-state index is 0.0227. The van der Waals surface area contributed by atoms with E-state index in [-0.39, 0.29) is 11.7 Å². The van der Waals surface area contributed by atoms with Gasteiger partial charge in [-0.25, -0.2) is 9.97 Å². The van der Waals surface area contributed by atoms with Crippen LogP contribution >= 0.6 is 0 Å². The molecule has 2 aromatic rings. The van der Waals surface area contributed by atoms with E-state index in [9.17, 15) is 4.79 Å². The van der Waals surface area contributed by atoms with Gasteiger partial charge in [-0.15, -0.1) is 0 Å². The van der Waals surface area contributed by atoms with Crippen molar-refractivity contribution < 1.29 is 9.53 Å². The number of aryl methyl sites for hydroxylation is 1. The molecule has 21 heavy (non-hydrogen) atoms. The molecule has 0 fully saturated rings. The van der Waals surface area contributed by atoms with E-state index in [1.807, 2.05) is 24.3 Å². The first kappa shape index (κ1) is 13.5. The van der Waals surface area contributed by atoms with Crippen LogP contribution in [0.5, 0.6) is 5.75 Å². The third kappa shape index (κ3) is 2.46. The van der Waals surface area contributed by atoms with E-state index in [4.69, 9.17) is 10.5 Å². The van der Waals surface area contributed by atoms with Crippen molar-refractivity contribution >= 4 is 11.6 Å². The highest BCUT2D eigenvalue weighted by Crippen LogP contribution is 2.34. The van der Waals surface area contributed by atoms with Crippen molar-refractivity contribution in [3.63, 3.8) is 0 Å². The normalized spacial score (nSPS) is 17.4. The lowest BCUT2D eigenvalue weighted by Gasteiger charge is -2.24. The van der Waals surface area contributed by atoms with Crippen LogP contribution in [0.1, 0.15) is 39.8 Å². The van der Waals surface area contributed by atoms with Gasteiger partial charge in [0.15, 0.2) is 5.78 Å². The quantitative estimate of drug-likeness (QED) is 0.914. The van der Waals surface area contributed by atoms with Crippen molar-refractivity contribution in [3.8, 4) is 5.75 Å². The number of hydrogen-bond acceptors (Lipinski definition) is 5. The first-order chi connectivity index (χ1) is 10.1. The number of anilines is 1. The van der Waals surface area contributed by atoms with E-state index in [1.165, 1.54) is 0 Å². The maximum Gasteiger partial charge on any atom is 0.169 e. The van der Waals surface area contributed by atoms with Crippen molar-refractivity contribution in [1.82, 2.24) is 9.97 Å². The summed E-state index contributed by atoms with van der Waals surface area (Å²) in [7, 11) is 1.64. The third-order valence-corrected chi connectivity index (χ3v) is 3.86.